The van der Waals surface area contributed by atoms with Gasteiger partial charge < -0.3 is 5.73 Å². The molecule has 0 bridgehead atoms. The predicted octanol–water partition coefficient (Wildman–Crippen LogP) is 3.15. The van der Waals surface area contributed by atoms with E-state index in [-0.39, 0.29) is 17.3 Å². The van der Waals surface area contributed by atoms with Crippen LogP contribution in [0.1, 0.15) is 6.42 Å². The van der Waals surface area contributed by atoms with E-state index in [1.165, 1.54) is 11.1 Å². The number of rotatable bonds is 5. The van der Waals surface area contributed by atoms with Crippen molar-refractivity contribution in [1.82, 2.24) is 4.98 Å². The number of hydrogen-bond donors (Lipinski definition) is 2. The number of nitrogens with one attached hydrogen (secondary N) is 1. The summed E-state index contributed by atoms with van der Waals surface area (Å²) < 4.78 is 26.5. The van der Waals surface area contributed by atoms with Crippen molar-refractivity contribution in [2.45, 2.75) is 12.5 Å². The minimum absolute atomic E-state index is 0.0530. The molecule has 1 atom stereocenters. The SMILES string of the molecule is NC(=O)C1CC(C(=O)Nc2nc(-c3ccc(F)c(F)c3)cs2)=NN1c1ccccc1. The Balaban J connectivity index is 1.52. The summed E-state index contributed by atoms with van der Waals surface area (Å²) in [7, 11) is 0. The van der Waals surface area contributed by atoms with Gasteiger partial charge in [-0.15, -0.1) is 11.3 Å². The second kappa shape index (κ2) is 7.99. The predicted molar refractivity (Wildman–Crippen MR) is 110 cm³/mol. The highest BCUT2D eigenvalue weighted by Gasteiger charge is 2.35. The quantitative estimate of drug-likeness (QED) is 0.653. The molecule has 0 aliphatic carbocycles. The summed E-state index contributed by atoms with van der Waals surface area (Å²) in [6.07, 6.45) is 0.0530. The molecule has 0 fully saturated rings. The molecule has 1 aromatic heterocycles. The van der Waals surface area contributed by atoms with Crippen LogP contribution in [-0.4, -0.2) is 28.6 Å². The smallest absolute Gasteiger partial charge is 0.273 e. The van der Waals surface area contributed by atoms with Crippen LogP contribution >= 0.6 is 11.3 Å². The van der Waals surface area contributed by atoms with E-state index in [0.717, 1.165) is 23.5 Å². The molecule has 4 rings (SSSR count). The minimum atomic E-state index is -0.982. The highest BCUT2D eigenvalue weighted by molar-refractivity contribution is 7.14. The monoisotopic (exact) mass is 427 g/mol. The summed E-state index contributed by atoms with van der Waals surface area (Å²) >= 11 is 1.13. The maximum Gasteiger partial charge on any atom is 0.273 e. The van der Waals surface area contributed by atoms with Gasteiger partial charge in [0.2, 0.25) is 5.91 Å². The number of hydrazone groups is 1. The number of amides is 2. The molecule has 1 aliphatic heterocycles. The number of aromatic nitrogens is 1. The highest BCUT2D eigenvalue weighted by atomic mass is 32.1. The van der Waals surface area contributed by atoms with Crippen LogP contribution in [0.2, 0.25) is 0 Å². The molecule has 1 unspecified atom stereocenters. The Kier molecular flexibility index (Phi) is 5.23. The first-order valence-corrected chi connectivity index (χ1v) is 9.73. The number of halogens is 2. The van der Waals surface area contributed by atoms with E-state index in [0.29, 0.717) is 16.9 Å². The molecule has 2 heterocycles. The van der Waals surface area contributed by atoms with Crippen LogP contribution in [0.4, 0.5) is 19.6 Å². The average molecular weight is 427 g/mol. The number of carbonyl (C=O) groups is 2. The Morgan fingerprint density at radius 3 is 2.60 bits per heavy atom. The largest absolute Gasteiger partial charge is 0.368 e. The zero-order valence-corrected chi connectivity index (χ0v) is 16.2. The molecule has 0 saturated heterocycles. The van der Waals surface area contributed by atoms with Gasteiger partial charge in [-0.25, -0.2) is 13.8 Å². The van der Waals surface area contributed by atoms with Gasteiger partial charge in [0.25, 0.3) is 5.91 Å². The van der Waals surface area contributed by atoms with Crippen molar-refractivity contribution in [2.75, 3.05) is 10.3 Å². The van der Waals surface area contributed by atoms with Crippen molar-refractivity contribution >= 4 is 39.7 Å². The molecule has 3 aromatic rings. The summed E-state index contributed by atoms with van der Waals surface area (Å²) in [5.74, 6) is -3.05. The molecule has 2 aromatic carbocycles. The third kappa shape index (κ3) is 3.90. The number of anilines is 2. The molecule has 30 heavy (non-hydrogen) atoms. The second-order valence-electron chi connectivity index (χ2n) is 6.47. The van der Waals surface area contributed by atoms with Gasteiger partial charge in [0, 0.05) is 17.4 Å². The molecule has 10 heteroatoms. The lowest BCUT2D eigenvalue weighted by Crippen LogP contribution is -2.39. The molecular weight excluding hydrogens is 412 g/mol. The number of nitrogens with zero attached hydrogens (tertiary/aromatic N) is 3. The van der Waals surface area contributed by atoms with Crippen molar-refractivity contribution in [3.05, 3.63) is 65.5 Å². The molecule has 0 spiro atoms. The second-order valence-corrected chi connectivity index (χ2v) is 7.33. The Morgan fingerprint density at radius 2 is 1.90 bits per heavy atom. The van der Waals surface area contributed by atoms with Crippen LogP contribution in [0.25, 0.3) is 11.3 Å². The van der Waals surface area contributed by atoms with Gasteiger partial charge in [0.1, 0.15) is 11.8 Å². The van der Waals surface area contributed by atoms with Gasteiger partial charge in [-0.1, -0.05) is 18.2 Å². The van der Waals surface area contributed by atoms with Crippen LogP contribution in [0, 0.1) is 11.6 Å². The third-order valence-corrected chi connectivity index (χ3v) is 5.22. The Morgan fingerprint density at radius 1 is 1.13 bits per heavy atom. The lowest BCUT2D eigenvalue weighted by Gasteiger charge is -2.20. The summed E-state index contributed by atoms with van der Waals surface area (Å²) in [5, 5.41) is 10.2. The fraction of sp³-hybridized carbons (Fsp3) is 0.100. The molecule has 1 aliphatic rings. The fourth-order valence-corrected chi connectivity index (χ4v) is 3.69. The molecule has 3 N–H and O–H groups in total. The number of nitrogens with two attached hydrogens (primary N) is 1. The number of benzene rings is 2. The summed E-state index contributed by atoms with van der Waals surface area (Å²) in [6.45, 7) is 0. The molecule has 152 valence electrons. The van der Waals surface area contributed by atoms with Crippen molar-refractivity contribution in [2.24, 2.45) is 10.8 Å². The lowest BCUT2D eigenvalue weighted by atomic mass is 10.1. The topological polar surface area (TPSA) is 101 Å². The van der Waals surface area contributed by atoms with Crippen molar-refractivity contribution in [3.8, 4) is 11.3 Å². The van der Waals surface area contributed by atoms with Crippen molar-refractivity contribution in [3.63, 3.8) is 0 Å². The lowest BCUT2D eigenvalue weighted by molar-refractivity contribution is -0.119. The van der Waals surface area contributed by atoms with E-state index in [1.54, 1.807) is 29.6 Å². The molecule has 2 amide bonds. The van der Waals surface area contributed by atoms with E-state index >= 15 is 0 Å². The Bertz CT molecular complexity index is 1150. The van der Waals surface area contributed by atoms with E-state index in [4.69, 9.17) is 5.73 Å². The van der Waals surface area contributed by atoms with Crippen LogP contribution in [-0.2, 0) is 9.59 Å². The first kappa shape index (κ1) is 19.6. The Hall–Kier alpha value is -3.66. The average Bonchev–Trinajstić information content (AvgIpc) is 3.38. The normalized spacial score (nSPS) is 15.7. The van der Waals surface area contributed by atoms with Crippen LogP contribution in [0.5, 0.6) is 0 Å². The van der Waals surface area contributed by atoms with E-state index in [1.807, 2.05) is 6.07 Å². The number of hydrogen-bond acceptors (Lipinski definition) is 6. The zero-order valence-electron chi connectivity index (χ0n) is 15.4. The zero-order chi connectivity index (χ0) is 21.3. The number of primary amides is 1. The van der Waals surface area contributed by atoms with E-state index in [9.17, 15) is 18.4 Å². The van der Waals surface area contributed by atoms with Crippen LogP contribution in [0.3, 0.4) is 0 Å². The maximum atomic E-state index is 13.4. The molecular formula is C20H15F2N5O2S. The first-order valence-electron chi connectivity index (χ1n) is 8.86. The van der Waals surface area contributed by atoms with Gasteiger partial charge in [-0.2, -0.15) is 5.10 Å². The minimum Gasteiger partial charge on any atom is -0.368 e. The Labute approximate surface area is 173 Å². The first-order chi connectivity index (χ1) is 14.4. The van der Waals surface area contributed by atoms with Crippen molar-refractivity contribution in [1.29, 1.82) is 0 Å². The van der Waals surface area contributed by atoms with Gasteiger partial charge in [0.05, 0.1) is 11.4 Å². The van der Waals surface area contributed by atoms with Crippen molar-refractivity contribution < 1.29 is 18.4 Å². The summed E-state index contributed by atoms with van der Waals surface area (Å²) in [5.41, 5.74) is 7.02. The molecule has 0 saturated carbocycles. The summed E-state index contributed by atoms with van der Waals surface area (Å²) in [4.78, 5) is 28.7. The maximum absolute atomic E-state index is 13.4. The highest BCUT2D eigenvalue weighted by Crippen LogP contribution is 2.28. The third-order valence-electron chi connectivity index (χ3n) is 4.46. The fourth-order valence-electron chi connectivity index (χ4n) is 2.98. The van der Waals surface area contributed by atoms with Gasteiger partial charge in [0.15, 0.2) is 16.8 Å². The number of para-hydroxylation sites is 1. The van der Waals surface area contributed by atoms with E-state index < -0.39 is 29.5 Å². The van der Waals surface area contributed by atoms with Crippen LogP contribution in [0.15, 0.2) is 59.0 Å². The van der Waals surface area contributed by atoms with E-state index in [2.05, 4.69) is 15.4 Å². The molecule has 0 radical (unpaired) electrons. The number of thiazole rings is 1. The van der Waals surface area contributed by atoms with Crippen LogP contribution < -0.4 is 16.1 Å². The van der Waals surface area contributed by atoms with Gasteiger partial charge >= 0.3 is 0 Å². The summed E-state index contributed by atoms with van der Waals surface area (Å²) in [6, 6.07) is 11.6. The standard InChI is InChI=1S/C20H15F2N5O2S/c21-13-7-6-11(8-14(13)22)16-10-30-20(24-16)25-19(29)15-9-17(18(23)28)27(26-15)12-4-2-1-3-5-12/h1-8,10,17H,9H2,(H2,23,28)(H,24,25,29). The molecule has 7 nitrogen and oxygen atoms in total. The van der Waals surface area contributed by atoms with Gasteiger partial charge in [-0.3, -0.25) is 19.9 Å². The number of carbonyl (C=O) groups excluding carboxylic acids is 2. The van der Waals surface area contributed by atoms with Gasteiger partial charge in [-0.05, 0) is 30.3 Å².